The number of hydrogen-bond acceptors (Lipinski definition) is 4. The maximum Gasteiger partial charge on any atom is 0.214 e. The largest absolute Gasteiger partial charge is 0.492 e. The van der Waals surface area contributed by atoms with Crippen LogP contribution in [0.25, 0.3) is 0 Å². The van der Waals surface area contributed by atoms with Gasteiger partial charge in [0, 0.05) is 6.42 Å². The average molecular weight is 341 g/mol. The van der Waals surface area contributed by atoms with Crippen molar-refractivity contribution in [3.05, 3.63) is 39.4 Å². The number of rotatable bonds is 8. The van der Waals surface area contributed by atoms with Gasteiger partial charge in [0.15, 0.2) is 5.82 Å². The molecule has 0 aliphatic heterocycles. The van der Waals surface area contributed by atoms with Gasteiger partial charge in [-0.1, -0.05) is 31.5 Å². The summed E-state index contributed by atoms with van der Waals surface area (Å²) in [5.41, 5.74) is 4.33. The fraction of sp³-hybridized carbons (Fsp3) is 0.467. The van der Waals surface area contributed by atoms with E-state index in [0.29, 0.717) is 22.9 Å². The molecular weight excluding hydrogens is 320 g/mol. The lowest BCUT2D eigenvalue weighted by Crippen LogP contribution is -2.17. The Balaban J connectivity index is 2.04. The van der Waals surface area contributed by atoms with E-state index < -0.39 is 0 Å². The van der Waals surface area contributed by atoms with Crippen molar-refractivity contribution in [2.45, 2.75) is 39.7 Å². The van der Waals surface area contributed by atoms with Crippen molar-refractivity contribution in [3.63, 3.8) is 0 Å². The van der Waals surface area contributed by atoms with Gasteiger partial charge in [-0.05, 0) is 42.8 Å². The van der Waals surface area contributed by atoms with Crippen LogP contribution in [-0.2, 0) is 13.0 Å². The van der Waals surface area contributed by atoms with Gasteiger partial charge in [-0.3, -0.25) is 5.10 Å². The number of ether oxygens (including phenoxy) is 1. The van der Waals surface area contributed by atoms with Crippen molar-refractivity contribution in [1.82, 2.24) is 14.9 Å². The number of H-pyrrole nitrogens is 1. The zero-order valence-corrected chi connectivity index (χ0v) is 14.4. The summed E-state index contributed by atoms with van der Waals surface area (Å²) in [6.45, 7) is 5.45. The molecule has 0 unspecified atom stereocenters. The second kappa shape index (κ2) is 8.19. The molecule has 0 spiro atoms. The third-order valence-electron chi connectivity index (χ3n) is 3.11. The lowest BCUT2D eigenvalue weighted by Gasteiger charge is -2.11. The average Bonchev–Trinajstić information content (AvgIpc) is 2.85. The second-order valence-electron chi connectivity index (χ2n) is 4.98. The zero-order valence-electron chi connectivity index (χ0n) is 12.9. The molecule has 0 aliphatic carbocycles. The Bertz CT molecular complexity index is 668. The number of aromatic amines is 1. The third-order valence-corrected chi connectivity index (χ3v) is 3.68. The molecule has 5 nitrogen and oxygen atoms in total. The van der Waals surface area contributed by atoms with Crippen LogP contribution in [-0.4, -0.2) is 21.5 Å². The summed E-state index contributed by atoms with van der Waals surface area (Å²) in [4.78, 5) is 0. The van der Waals surface area contributed by atoms with Crippen molar-refractivity contribution < 1.29 is 4.74 Å². The summed E-state index contributed by atoms with van der Waals surface area (Å²) in [5, 5.41) is 7.65. The predicted molar refractivity (Wildman–Crippen MR) is 91.7 cm³/mol. The summed E-state index contributed by atoms with van der Waals surface area (Å²) < 4.78 is 7.95. The summed E-state index contributed by atoms with van der Waals surface area (Å²) in [5.74, 6) is 1.63. The Morgan fingerprint density at radius 2 is 2.18 bits per heavy atom. The molecule has 0 bridgehead atoms. The molecule has 1 aromatic carbocycles. The lowest BCUT2D eigenvalue weighted by atomic mass is 10.2. The lowest BCUT2D eigenvalue weighted by molar-refractivity contribution is 0.317. The van der Waals surface area contributed by atoms with Crippen LogP contribution in [0.1, 0.15) is 38.1 Å². The molecule has 0 atom stereocenters. The first-order valence-electron chi connectivity index (χ1n) is 7.47. The monoisotopic (exact) mass is 340 g/mol. The van der Waals surface area contributed by atoms with E-state index in [4.69, 9.17) is 28.6 Å². The van der Waals surface area contributed by atoms with Crippen LogP contribution < -0.4 is 10.2 Å². The number of hydrogen-bond donors (Lipinski definition) is 2. The van der Waals surface area contributed by atoms with E-state index in [1.54, 1.807) is 0 Å². The summed E-state index contributed by atoms with van der Waals surface area (Å²) in [7, 11) is 0. The van der Waals surface area contributed by atoms with Gasteiger partial charge >= 0.3 is 0 Å². The van der Waals surface area contributed by atoms with Gasteiger partial charge in [-0.25, -0.2) is 4.68 Å². The highest BCUT2D eigenvalue weighted by molar-refractivity contribution is 7.71. The van der Waals surface area contributed by atoms with Crippen LogP contribution in [0.2, 0.25) is 5.02 Å². The minimum Gasteiger partial charge on any atom is -0.492 e. The zero-order chi connectivity index (χ0) is 15.9. The number of nitrogens with zero attached hydrogens (tertiary/aromatic N) is 2. The van der Waals surface area contributed by atoms with Gasteiger partial charge in [-0.2, -0.15) is 5.10 Å². The van der Waals surface area contributed by atoms with Gasteiger partial charge in [0.2, 0.25) is 4.77 Å². The quantitative estimate of drug-likeness (QED) is 0.711. The Labute approximate surface area is 140 Å². The third kappa shape index (κ3) is 4.24. The highest BCUT2D eigenvalue weighted by Crippen LogP contribution is 2.25. The number of nitrogens with one attached hydrogen (secondary N) is 2. The van der Waals surface area contributed by atoms with Gasteiger partial charge in [-0.15, -0.1) is 0 Å². The van der Waals surface area contributed by atoms with E-state index in [0.717, 1.165) is 36.4 Å². The molecular formula is C15H21ClN4OS. The van der Waals surface area contributed by atoms with E-state index in [9.17, 15) is 0 Å². The molecule has 1 aromatic heterocycles. The first-order chi connectivity index (χ1) is 10.7. The van der Waals surface area contributed by atoms with Crippen molar-refractivity contribution >= 4 is 23.8 Å². The molecule has 2 rings (SSSR count). The molecule has 2 aromatic rings. The molecule has 0 saturated carbocycles. The molecule has 22 heavy (non-hydrogen) atoms. The Morgan fingerprint density at radius 3 is 2.86 bits per heavy atom. The SMILES string of the molecule is CCCOc1ccc(CNn2c(CCC)n[nH]c2=S)cc1Cl. The van der Waals surface area contributed by atoms with Crippen LogP contribution in [0, 0.1) is 4.77 Å². The highest BCUT2D eigenvalue weighted by atomic mass is 35.5. The fourth-order valence-corrected chi connectivity index (χ4v) is 2.51. The molecule has 0 amide bonds. The maximum absolute atomic E-state index is 6.24. The van der Waals surface area contributed by atoms with Gasteiger partial charge in [0.05, 0.1) is 18.2 Å². The van der Waals surface area contributed by atoms with Crippen molar-refractivity contribution in [1.29, 1.82) is 0 Å². The smallest absolute Gasteiger partial charge is 0.214 e. The fourth-order valence-electron chi connectivity index (χ4n) is 2.04. The minimum atomic E-state index is 0.567. The van der Waals surface area contributed by atoms with Gasteiger partial charge < -0.3 is 10.2 Å². The number of halogens is 1. The molecule has 2 N–H and O–H groups in total. The van der Waals surface area contributed by atoms with Gasteiger partial charge in [0.1, 0.15) is 5.75 Å². The Hall–Kier alpha value is -1.53. The van der Waals surface area contributed by atoms with Crippen molar-refractivity contribution in [2.24, 2.45) is 0 Å². The number of aromatic nitrogens is 3. The van der Waals surface area contributed by atoms with E-state index in [1.807, 2.05) is 22.9 Å². The first kappa shape index (κ1) is 16.8. The molecule has 0 radical (unpaired) electrons. The maximum atomic E-state index is 6.24. The molecule has 0 fully saturated rings. The van der Waals surface area contributed by atoms with E-state index >= 15 is 0 Å². The highest BCUT2D eigenvalue weighted by Gasteiger charge is 2.06. The van der Waals surface area contributed by atoms with Crippen LogP contribution in [0.4, 0.5) is 0 Å². The van der Waals surface area contributed by atoms with Crippen molar-refractivity contribution in [3.8, 4) is 5.75 Å². The van der Waals surface area contributed by atoms with Gasteiger partial charge in [0.25, 0.3) is 0 Å². The normalized spacial score (nSPS) is 10.7. The predicted octanol–water partition coefficient (Wildman–Crippen LogP) is 4.08. The first-order valence-corrected chi connectivity index (χ1v) is 8.25. The molecule has 0 aliphatic rings. The van der Waals surface area contributed by atoms with Crippen LogP contribution >= 0.6 is 23.8 Å². The van der Waals surface area contributed by atoms with E-state index in [1.165, 1.54) is 0 Å². The number of benzene rings is 1. The standard InChI is InChI=1S/C15H21ClN4OS/c1-3-5-14-18-19-15(22)20(14)17-10-11-6-7-13(12(16)9-11)21-8-4-2/h6-7,9,17H,3-5,8,10H2,1-2H3,(H,19,22). The summed E-state index contributed by atoms with van der Waals surface area (Å²) >= 11 is 11.5. The Morgan fingerprint density at radius 1 is 1.36 bits per heavy atom. The number of aryl methyl sites for hydroxylation is 1. The summed E-state index contributed by atoms with van der Waals surface area (Å²) in [6.07, 6.45) is 2.83. The molecule has 1 heterocycles. The Kier molecular flexibility index (Phi) is 6.27. The van der Waals surface area contributed by atoms with Crippen molar-refractivity contribution in [2.75, 3.05) is 12.0 Å². The molecule has 0 saturated heterocycles. The van der Waals surface area contributed by atoms with E-state index in [-0.39, 0.29) is 0 Å². The van der Waals surface area contributed by atoms with Crippen LogP contribution in [0.3, 0.4) is 0 Å². The molecule has 7 heteroatoms. The topological polar surface area (TPSA) is 54.9 Å². The second-order valence-corrected chi connectivity index (χ2v) is 5.77. The van der Waals surface area contributed by atoms with Crippen LogP contribution in [0.15, 0.2) is 18.2 Å². The summed E-state index contributed by atoms with van der Waals surface area (Å²) in [6, 6.07) is 5.80. The molecule has 120 valence electrons. The minimum absolute atomic E-state index is 0.567. The van der Waals surface area contributed by atoms with Crippen LogP contribution in [0.5, 0.6) is 5.75 Å². The van der Waals surface area contributed by atoms with E-state index in [2.05, 4.69) is 29.5 Å².